The topological polar surface area (TPSA) is 61.9 Å². The number of likely N-dealkylation sites (tertiary alicyclic amines) is 1. The standard InChI is InChI=1S/C24H28FN3O3/c1-27-22(29)24(26-23(27)30,15-17-6-5-8-20(14-17)31-2)19-10-12-28(13-11-19)16-18-7-3-4-9-21(18)25/h3-9,14,19H,10-13,15-16H2,1-2H3,(H,26,30)/t24-/m1/s1. The van der Waals surface area contributed by atoms with Gasteiger partial charge in [-0.1, -0.05) is 30.3 Å². The number of imide groups is 1. The molecule has 164 valence electrons. The Morgan fingerprint density at radius 1 is 1.13 bits per heavy atom. The van der Waals surface area contributed by atoms with Crippen molar-refractivity contribution in [2.75, 3.05) is 27.2 Å². The fourth-order valence-electron chi connectivity index (χ4n) is 4.82. The van der Waals surface area contributed by atoms with Crippen LogP contribution in [-0.2, 0) is 17.8 Å². The molecule has 2 saturated heterocycles. The van der Waals surface area contributed by atoms with Crippen LogP contribution in [0.3, 0.4) is 0 Å². The molecule has 7 heteroatoms. The van der Waals surface area contributed by atoms with E-state index >= 15 is 0 Å². The maximum absolute atomic E-state index is 14.0. The lowest BCUT2D eigenvalue weighted by atomic mass is 9.74. The minimum Gasteiger partial charge on any atom is -0.497 e. The zero-order chi connectivity index (χ0) is 22.0. The smallest absolute Gasteiger partial charge is 0.324 e. The van der Waals surface area contributed by atoms with Crippen LogP contribution in [0.4, 0.5) is 9.18 Å². The van der Waals surface area contributed by atoms with Gasteiger partial charge in [0.1, 0.15) is 17.1 Å². The van der Waals surface area contributed by atoms with Crippen molar-refractivity contribution in [2.24, 2.45) is 5.92 Å². The quantitative estimate of drug-likeness (QED) is 0.722. The normalized spacial score (nSPS) is 22.6. The van der Waals surface area contributed by atoms with Crippen molar-refractivity contribution in [3.8, 4) is 5.75 Å². The molecule has 0 aromatic heterocycles. The second-order valence-electron chi connectivity index (χ2n) is 8.44. The van der Waals surface area contributed by atoms with Crippen molar-refractivity contribution in [1.82, 2.24) is 15.1 Å². The minimum atomic E-state index is -0.970. The molecule has 2 aromatic rings. The average Bonchev–Trinajstić information content (AvgIpc) is 3.00. The van der Waals surface area contributed by atoms with E-state index in [2.05, 4.69) is 10.2 Å². The van der Waals surface area contributed by atoms with E-state index < -0.39 is 5.54 Å². The highest BCUT2D eigenvalue weighted by atomic mass is 19.1. The summed E-state index contributed by atoms with van der Waals surface area (Å²) in [7, 11) is 3.13. The van der Waals surface area contributed by atoms with Gasteiger partial charge in [-0.05, 0) is 55.6 Å². The predicted octanol–water partition coefficient (Wildman–Crippen LogP) is 3.21. The summed E-state index contributed by atoms with van der Waals surface area (Å²) in [6, 6.07) is 14.1. The molecule has 6 nitrogen and oxygen atoms in total. The highest BCUT2D eigenvalue weighted by Crippen LogP contribution is 2.37. The number of ether oxygens (including phenoxy) is 1. The number of nitrogens with zero attached hydrogens (tertiary/aromatic N) is 2. The van der Waals surface area contributed by atoms with Crippen LogP contribution in [-0.4, -0.2) is 54.5 Å². The number of rotatable bonds is 6. The lowest BCUT2D eigenvalue weighted by Crippen LogP contribution is -2.57. The SMILES string of the molecule is COc1cccc(C[C@]2(C3CCN(Cc4ccccc4F)CC3)NC(=O)N(C)C2=O)c1. The van der Waals surface area contributed by atoms with Crippen LogP contribution in [0.1, 0.15) is 24.0 Å². The van der Waals surface area contributed by atoms with E-state index in [0.29, 0.717) is 18.5 Å². The van der Waals surface area contributed by atoms with Gasteiger partial charge in [0.25, 0.3) is 5.91 Å². The summed E-state index contributed by atoms with van der Waals surface area (Å²) in [5.41, 5.74) is 0.650. The van der Waals surface area contributed by atoms with Gasteiger partial charge in [0.2, 0.25) is 0 Å². The summed E-state index contributed by atoms with van der Waals surface area (Å²) in [6.45, 7) is 2.03. The number of benzene rings is 2. The number of halogens is 1. The van der Waals surface area contributed by atoms with E-state index in [1.165, 1.54) is 18.0 Å². The fraction of sp³-hybridized carbons (Fsp3) is 0.417. The molecule has 2 aliphatic rings. The van der Waals surface area contributed by atoms with Gasteiger partial charge in [-0.25, -0.2) is 9.18 Å². The van der Waals surface area contributed by atoms with Gasteiger partial charge in [0.05, 0.1) is 7.11 Å². The van der Waals surface area contributed by atoms with Crippen molar-refractivity contribution < 1.29 is 18.7 Å². The van der Waals surface area contributed by atoms with Crippen LogP contribution >= 0.6 is 0 Å². The van der Waals surface area contributed by atoms with E-state index in [-0.39, 0.29) is 23.7 Å². The van der Waals surface area contributed by atoms with E-state index in [0.717, 1.165) is 37.2 Å². The fourth-order valence-corrected chi connectivity index (χ4v) is 4.82. The Hall–Kier alpha value is -2.93. The molecular formula is C24H28FN3O3. The largest absolute Gasteiger partial charge is 0.497 e. The molecule has 2 fully saturated rings. The van der Waals surface area contributed by atoms with Crippen molar-refractivity contribution in [3.05, 3.63) is 65.5 Å². The predicted molar refractivity (Wildman–Crippen MR) is 115 cm³/mol. The second-order valence-corrected chi connectivity index (χ2v) is 8.44. The Bertz CT molecular complexity index is 974. The van der Waals surface area contributed by atoms with Gasteiger partial charge in [0, 0.05) is 25.6 Å². The number of urea groups is 1. The highest BCUT2D eigenvalue weighted by Gasteiger charge is 2.54. The van der Waals surface area contributed by atoms with E-state index in [1.807, 2.05) is 30.3 Å². The maximum Gasteiger partial charge on any atom is 0.324 e. The van der Waals surface area contributed by atoms with Crippen LogP contribution in [0.15, 0.2) is 48.5 Å². The van der Waals surface area contributed by atoms with Gasteiger partial charge in [-0.2, -0.15) is 0 Å². The monoisotopic (exact) mass is 425 g/mol. The first-order valence-corrected chi connectivity index (χ1v) is 10.6. The van der Waals surface area contributed by atoms with Gasteiger partial charge in [-0.15, -0.1) is 0 Å². The molecule has 2 aliphatic heterocycles. The summed E-state index contributed by atoms with van der Waals surface area (Å²) in [5.74, 6) is 0.335. The number of nitrogens with one attached hydrogen (secondary N) is 1. The number of carbonyl (C=O) groups excluding carboxylic acids is 2. The molecule has 1 atom stereocenters. The number of piperidine rings is 1. The zero-order valence-electron chi connectivity index (χ0n) is 17.9. The molecule has 0 saturated carbocycles. The molecule has 2 heterocycles. The van der Waals surface area contributed by atoms with E-state index in [9.17, 15) is 14.0 Å². The van der Waals surface area contributed by atoms with Gasteiger partial charge in [0.15, 0.2) is 0 Å². The molecule has 0 aliphatic carbocycles. The Labute approximate surface area is 182 Å². The summed E-state index contributed by atoms with van der Waals surface area (Å²) < 4.78 is 19.4. The zero-order valence-corrected chi connectivity index (χ0v) is 17.9. The van der Waals surface area contributed by atoms with Crippen LogP contribution in [0, 0.1) is 11.7 Å². The van der Waals surface area contributed by atoms with Crippen molar-refractivity contribution in [1.29, 1.82) is 0 Å². The third-order valence-corrected chi connectivity index (χ3v) is 6.57. The molecule has 0 unspecified atom stereocenters. The summed E-state index contributed by atoms with van der Waals surface area (Å²) in [5, 5.41) is 3.01. The van der Waals surface area contributed by atoms with Crippen LogP contribution in [0.25, 0.3) is 0 Å². The second kappa shape index (κ2) is 8.67. The molecule has 31 heavy (non-hydrogen) atoms. The summed E-state index contributed by atoms with van der Waals surface area (Å²) in [4.78, 5) is 29.1. The van der Waals surface area contributed by atoms with Crippen molar-refractivity contribution >= 4 is 11.9 Å². The van der Waals surface area contributed by atoms with Crippen LogP contribution in [0.5, 0.6) is 5.75 Å². The number of methoxy groups -OCH3 is 1. The first kappa shape index (κ1) is 21.3. The van der Waals surface area contributed by atoms with Gasteiger partial charge < -0.3 is 10.1 Å². The molecule has 4 rings (SSSR count). The van der Waals surface area contributed by atoms with Crippen molar-refractivity contribution in [3.63, 3.8) is 0 Å². The Morgan fingerprint density at radius 3 is 2.52 bits per heavy atom. The Morgan fingerprint density at radius 2 is 1.87 bits per heavy atom. The third kappa shape index (κ3) is 4.14. The average molecular weight is 426 g/mol. The first-order valence-electron chi connectivity index (χ1n) is 10.6. The van der Waals surface area contributed by atoms with Crippen LogP contribution < -0.4 is 10.1 Å². The van der Waals surface area contributed by atoms with E-state index in [4.69, 9.17) is 4.74 Å². The van der Waals surface area contributed by atoms with Gasteiger partial charge >= 0.3 is 6.03 Å². The number of hydrogen-bond acceptors (Lipinski definition) is 4. The molecule has 1 N–H and O–H groups in total. The van der Waals surface area contributed by atoms with Crippen molar-refractivity contribution in [2.45, 2.75) is 31.3 Å². The maximum atomic E-state index is 14.0. The van der Waals surface area contributed by atoms with Gasteiger partial charge in [-0.3, -0.25) is 14.6 Å². The molecule has 0 radical (unpaired) electrons. The Balaban J connectivity index is 1.52. The molecular weight excluding hydrogens is 397 g/mol. The Kier molecular flexibility index (Phi) is 5.96. The molecule has 2 aromatic carbocycles. The molecule has 0 bridgehead atoms. The van der Waals surface area contributed by atoms with Crippen LogP contribution in [0.2, 0.25) is 0 Å². The molecule has 3 amide bonds. The van der Waals surface area contributed by atoms with E-state index in [1.54, 1.807) is 19.2 Å². The lowest BCUT2D eigenvalue weighted by Gasteiger charge is -2.41. The third-order valence-electron chi connectivity index (χ3n) is 6.57. The highest BCUT2D eigenvalue weighted by molar-refractivity contribution is 6.07. The molecule has 0 spiro atoms. The summed E-state index contributed by atoms with van der Waals surface area (Å²) >= 11 is 0. The number of hydrogen-bond donors (Lipinski definition) is 1. The summed E-state index contributed by atoms with van der Waals surface area (Å²) in [6.07, 6.45) is 1.91. The lowest BCUT2D eigenvalue weighted by molar-refractivity contribution is -0.133. The number of likely N-dealkylation sites (N-methyl/N-ethyl adjacent to an activating group) is 1. The minimum absolute atomic E-state index is 0.00280. The number of amides is 3. The number of carbonyl (C=O) groups is 2. The first-order chi connectivity index (χ1) is 14.9.